The Bertz CT molecular complexity index is 783. The second kappa shape index (κ2) is 6.90. The summed E-state index contributed by atoms with van der Waals surface area (Å²) in [5.74, 6) is -0.192. The first-order valence-corrected chi connectivity index (χ1v) is 8.40. The van der Waals surface area contributed by atoms with Gasteiger partial charge in [-0.15, -0.1) is 0 Å². The third kappa shape index (κ3) is 4.21. The molecule has 3 rings (SSSR count). The molecule has 0 aromatic heterocycles. The van der Waals surface area contributed by atoms with Crippen molar-refractivity contribution >= 4 is 5.91 Å². The number of aryl methyl sites for hydroxylation is 2. The highest BCUT2D eigenvalue weighted by atomic mass is 19.4. The van der Waals surface area contributed by atoms with Crippen LogP contribution in [0.1, 0.15) is 47.2 Å². The number of carbonyl (C=O) groups is 1. The molecule has 0 spiro atoms. The largest absolute Gasteiger partial charge is 0.416 e. The minimum absolute atomic E-state index is 0.192. The normalized spacial score (nSPS) is 14.9. The molecule has 0 bridgehead atoms. The van der Waals surface area contributed by atoms with Crippen LogP contribution in [0.5, 0.6) is 0 Å². The van der Waals surface area contributed by atoms with Crippen molar-refractivity contribution in [2.24, 2.45) is 0 Å². The number of hydrogen-bond donors (Lipinski definition) is 1. The molecule has 0 fully saturated rings. The highest BCUT2D eigenvalue weighted by Gasteiger charge is 2.30. The second-order valence-corrected chi connectivity index (χ2v) is 6.55. The van der Waals surface area contributed by atoms with E-state index in [1.54, 1.807) is 13.0 Å². The van der Waals surface area contributed by atoms with Crippen LogP contribution in [-0.2, 0) is 30.2 Å². The van der Waals surface area contributed by atoms with Gasteiger partial charge in [0.1, 0.15) is 0 Å². The van der Waals surface area contributed by atoms with Crippen molar-refractivity contribution in [2.45, 2.75) is 44.8 Å². The lowest BCUT2D eigenvalue weighted by Crippen LogP contribution is -2.28. The van der Waals surface area contributed by atoms with Crippen molar-refractivity contribution < 1.29 is 18.0 Å². The van der Waals surface area contributed by atoms with Crippen LogP contribution in [0.4, 0.5) is 13.2 Å². The van der Waals surface area contributed by atoms with E-state index in [4.69, 9.17) is 0 Å². The summed E-state index contributed by atoms with van der Waals surface area (Å²) >= 11 is 0. The number of carbonyl (C=O) groups excluding carboxylic acids is 1. The van der Waals surface area contributed by atoms with E-state index in [1.165, 1.54) is 17.2 Å². The van der Waals surface area contributed by atoms with E-state index in [0.29, 0.717) is 5.56 Å². The highest BCUT2D eigenvalue weighted by Crippen LogP contribution is 2.30. The Kier molecular flexibility index (Phi) is 4.84. The maximum Gasteiger partial charge on any atom is 0.416 e. The fraction of sp³-hybridized carbons (Fsp3) is 0.350. The monoisotopic (exact) mass is 347 g/mol. The van der Waals surface area contributed by atoms with Crippen molar-refractivity contribution in [1.82, 2.24) is 5.32 Å². The third-order valence-electron chi connectivity index (χ3n) is 4.62. The van der Waals surface area contributed by atoms with Gasteiger partial charge in [0.15, 0.2) is 0 Å². The van der Waals surface area contributed by atoms with Gasteiger partial charge in [0.25, 0.3) is 0 Å². The summed E-state index contributed by atoms with van der Waals surface area (Å²) in [5.41, 5.74) is 3.33. The number of benzene rings is 2. The van der Waals surface area contributed by atoms with Crippen molar-refractivity contribution in [2.75, 3.05) is 0 Å². The van der Waals surface area contributed by atoms with Crippen LogP contribution < -0.4 is 5.32 Å². The van der Waals surface area contributed by atoms with Crippen molar-refractivity contribution in [3.05, 3.63) is 70.3 Å². The van der Waals surface area contributed by atoms with Crippen LogP contribution in [0.25, 0.3) is 0 Å². The number of rotatable bonds is 4. The number of halogens is 3. The molecule has 0 heterocycles. The molecule has 1 atom stereocenters. The van der Waals surface area contributed by atoms with Crippen molar-refractivity contribution in [1.29, 1.82) is 0 Å². The maximum atomic E-state index is 12.8. The smallest absolute Gasteiger partial charge is 0.349 e. The molecule has 1 N–H and O–H groups in total. The number of amides is 1. The summed E-state index contributed by atoms with van der Waals surface area (Å²) in [5, 5.41) is 2.78. The number of fused-ring (bicyclic) bond motifs is 1. The van der Waals surface area contributed by atoms with Gasteiger partial charge in [-0.25, -0.2) is 0 Å². The lowest BCUT2D eigenvalue weighted by molar-refractivity contribution is -0.137. The van der Waals surface area contributed by atoms with Gasteiger partial charge >= 0.3 is 6.18 Å². The van der Waals surface area contributed by atoms with E-state index < -0.39 is 17.8 Å². The van der Waals surface area contributed by atoms with E-state index in [-0.39, 0.29) is 12.3 Å². The molecule has 1 aliphatic rings. The van der Waals surface area contributed by atoms with Gasteiger partial charge in [0.05, 0.1) is 18.0 Å². The molecule has 2 aromatic carbocycles. The minimum atomic E-state index is -4.38. The minimum Gasteiger partial charge on any atom is -0.349 e. The average Bonchev–Trinajstić information content (AvgIpc) is 3.01. The standard InChI is InChI=1S/C20H20F3NO/c1-13(16-5-3-7-18(12-16)20(21,22)23)24-19(25)11-14-8-9-15-4-2-6-17(15)10-14/h3,5,7-10,12-13H,2,4,6,11H2,1H3,(H,24,25)/t13-/m0/s1. The van der Waals surface area contributed by atoms with Gasteiger partial charge in [0.2, 0.25) is 5.91 Å². The predicted molar refractivity (Wildman–Crippen MR) is 90.2 cm³/mol. The number of nitrogens with one attached hydrogen (secondary N) is 1. The molecule has 1 amide bonds. The average molecular weight is 347 g/mol. The fourth-order valence-electron chi connectivity index (χ4n) is 3.28. The molecule has 0 aliphatic heterocycles. The molecule has 132 valence electrons. The Morgan fingerprint density at radius 2 is 1.88 bits per heavy atom. The Morgan fingerprint density at radius 1 is 1.12 bits per heavy atom. The first-order valence-electron chi connectivity index (χ1n) is 8.40. The molecule has 5 heteroatoms. The van der Waals surface area contributed by atoms with Crippen molar-refractivity contribution in [3.8, 4) is 0 Å². The van der Waals surface area contributed by atoms with Gasteiger partial charge in [-0.2, -0.15) is 13.2 Å². The first kappa shape index (κ1) is 17.5. The second-order valence-electron chi connectivity index (χ2n) is 6.55. The van der Waals surface area contributed by atoms with Crippen LogP contribution >= 0.6 is 0 Å². The molecule has 2 aromatic rings. The van der Waals surface area contributed by atoms with Gasteiger partial charge < -0.3 is 5.32 Å². The highest BCUT2D eigenvalue weighted by molar-refractivity contribution is 5.79. The van der Waals surface area contributed by atoms with Crippen LogP contribution in [-0.4, -0.2) is 5.91 Å². The zero-order valence-corrected chi connectivity index (χ0v) is 14.0. The van der Waals surface area contributed by atoms with E-state index in [1.807, 2.05) is 6.07 Å². The first-order chi connectivity index (χ1) is 11.8. The van der Waals surface area contributed by atoms with Crippen molar-refractivity contribution in [3.63, 3.8) is 0 Å². The molecule has 1 aliphatic carbocycles. The molecular formula is C20H20F3NO. The van der Waals surface area contributed by atoms with E-state index in [0.717, 1.165) is 37.0 Å². The quantitative estimate of drug-likeness (QED) is 0.859. The number of alkyl halides is 3. The molecule has 0 saturated heterocycles. The van der Waals surface area contributed by atoms with Crippen LogP contribution in [0, 0.1) is 0 Å². The zero-order valence-electron chi connectivity index (χ0n) is 14.0. The Balaban J connectivity index is 1.65. The summed E-state index contributed by atoms with van der Waals surface area (Å²) < 4.78 is 38.4. The van der Waals surface area contributed by atoms with Gasteiger partial charge in [-0.05, 0) is 60.6 Å². The molecule has 0 saturated carbocycles. The Morgan fingerprint density at radius 3 is 2.64 bits per heavy atom. The van der Waals surface area contributed by atoms with Crippen LogP contribution in [0.3, 0.4) is 0 Å². The summed E-state index contributed by atoms with van der Waals surface area (Å²) in [6.45, 7) is 1.69. The number of hydrogen-bond acceptors (Lipinski definition) is 1. The molecule has 0 radical (unpaired) electrons. The molecule has 25 heavy (non-hydrogen) atoms. The predicted octanol–water partition coefficient (Wildman–Crippen LogP) is 4.61. The maximum absolute atomic E-state index is 12.8. The SMILES string of the molecule is C[C@H](NC(=O)Cc1ccc2c(c1)CCC2)c1cccc(C(F)(F)F)c1. The van der Waals surface area contributed by atoms with Gasteiger partial charge in [-0.3, -0.25) is 4.79 Å². The van der Waals surface area contributed by atoms with Crippen LogP contribution in [0.15, 0.2) is 42.5 Å². The van der Waals surface area contributed by atoms with Gasteiger partial charge in [0, 0.05) is 0 Å². The zero-order chi connectivity index (χ0) is 18.0. The Labute approximate surface area is 145 Å². The topological polar surface area (TPSA) is 29.1 Å². The Hall–Kier alpha value is -2.30. The molecule has 0 unspecified atom stereocenters. The molecule has 2 nitrogen and oxygen atoms in total. The third-order valence-corrected chi connectivity index (χ3v) is 4.62. The van der Waals surface area contributed by atoms with E-state index in [2.05, 4.69) is 17.4 Å². The van der Waals surface area contributed by atoms with Crippen LogP contribution in [0.2, 0.25) is 0 Å². The fourth-order valence-corrected chi connectivity index (χ4v) is 3.28. The molecular weight excluding hydrogens is 327 g/mol. The summed E-state index contributed by atoms with van der Waals surface area (Å²) in [6.07, 6.45) is -0.863. The lowest BCUT2D eigenvalue weighted by atomic mass is 10.0. The van der Waals surface area contributed by atoms with E-state index in [9.17, 15) is 18.0 Å². The summed E-state index contributed by atoms with van der Waals surface area (Å²) in [4.78, 5) is 12.2. The summed E-state index contributed by atoms with van der Waals surface area (Å²) in [6, 6.07) is 10.7. The lowest BCUT2D eigenvalue weighted by Gasteiger charge is -2.16. The van der Waals surface area contributed by atoms with E-state index >= 15 is 0 Å². The summed E-state index contributed by atoms with van der Waals surface area (Å²) in [7, 11) is 0. The van der Waals surface area contributed by atoms with Gasteiger partial charge in [-0.1, -0.05) is 30.3 Å².